The maximum atomic E-state index is 13.1. The topological polar surface area (TPSA) is 53.9 Å². The number of aromatic nitrogens is 3. The largest absolute Gasteiger partial charge is 0.359 e. The second kappa shape index (κ2) is 4.97. The van der Waals surface area contributed by atoms with Gasteiger partial charge in [-0.05, 0) is 37.1 Å². The number of amides is 1. The molecule has 5 nitrogen and oxygen atoms in total. The minimum absolute atomic E-state index is 0.120. The summed E-state index contributed by atoms with van der Waals surface area (Å²) in [6.07, 6.45) is 7.11. The molecule has 2 aromatic heterocycles. The van der Waals surface area contributed by atoms with E-state index in [-0.39, 0.29) is 11.8 Å². The molecule has 4 rings (SSSR count). The zero-order chi connectivity index (χ0) is 17.1. The van der Waals surface area contributed by atoms with Crippen LogP contribution in [-0.4, -0.2) is 20.7 Å². The second-order valence-corrected chi connectivity index (χ2v) is 7.28. The summed E-state index contributed by atoms with van der Waals surface area (Å²) in [6, 6.07) is 6.06. The number of fused-ring (bicyclic) bond motifs is 1. The Morgan fingerprint density at radius 2 is 2.08 bits per heavy atom. The summed E-state index contributed by atoms with van der Waals surface area (Å²) in [7, 11) is 1.87. The van der Waals surface area contributed by atoms with Crippen molar-refractivity contribution in [2.75, 3.05) is 4.90 Å². The highest BCUT2D eigenvalue weighted by Gasteiger charge is 2.52. The van der Waals surface area contributed by atoms with E-state index in [0.717, 1.165) is 29.1 Å². The lowest BCUT2D eigenvalue weighted by atomic mass is 9.76. The number of nitrogens with one attached hydrogen (secondary N) is 1. The van der Waals surface area contributed by atoms with Gasteiger partial charge in [0.15, 0.2) is 5.82 Å². The monoisotopic (exact) mass is 322 g/mol. The van der Waals surface area contributed by atoms with Gasteiger partial charge in [-0.3, -0.25) is 14.4 Å². The Morgan fingerprint density at radius 3 is 2.71 bits per heavy atom. The molecule has 1 aliphatic heterocycles. The Bertz CT molecular complexity index is 881. The van der Waals surface area contributed by atoms with Crippen LogP contribution in [0, 0.1) is 18.3 Å². The minimum atomic E-state index is -0.420. The SMILES string of the molecule is Cc1ccc(C2=CCC3C(=C2)N(c2ccn(C)n2)C(=O)C3(C)C)[nH]1. The minimum Gasteiger partial charge on any atom is -0.359 e. The van der Waals surface area contributed by atoms with E-state index in [1.807, 2.05) is 40.1 Å². The van der Waals surface area contributed by atoms with E-state index in [4.69, 9.17) is 0 Å². The van der Waals surface area contributed by atoms with E-state index < -0.39 is 5.41 Å². The van der Waals surface area contributed by atoms with Crippen LogP contribution in [0.15, 0.2) is 42.2 Å². The van der Waals surface area contributed by atoms with Gasteiger partial charge in [-0.15, -0.1) is 0 Å². The lowest BCUT2D eigenvalue weighted by molar-refractivity contribution is -0.125. The highest BCUT2D eigenvalue weighted by atomic mass is 16.2. The van der Waals surface area contributed by atoms with Crippen LogP contribution in [-0.2, 0) is 11.8 Å². The highest BCUT2D eigenvalue weighted by Crippen LogP contribution is 2.50. The molecule has 1 saturated heterocycles. The van der Waals surface area contributed by atoms with Crippen LogP contribution in [0.1, 0.15) is 31.7 Å². The van der Waals surface area contributed by atoms with Crippen molar-refractivity contribution in [3.05, 3.63) is 53.6 Å². The molecule has 0 bridgehead atoms. The summed E-state index contributed by atoms with van der Waals surface area (Å²) < 4.78 is 1.73. The van der Waals surface area contributed by atoms with Crippen LogP contribution in [0.25, 0.3) is 5.57 Å². The van der Waals surface area contributed by atoms with Gasteiger partial charge in [0, 0.05) is 42.3 Å². The van der Waals surface area contributed by atoms with Gasteiger partial charge in [0.1, 0.15) is 0 Å². The van der Waals surface area contributed by atoms with E-state index in [0.29, 0.717) is 5.82 Å². The second-order valence-electron chi connectivity index (χ2n) is 7.28. The zero-order valence-corrected chi connectivity index (χ0v) is 14.5. The van der Waals surface area contributed by atoms with Crippen molar-refractivity contribution in [3.8, 4) is 0 Å². The lowest BCUT2D eigenvalue weighted by Crippen LogP contribution is -2.31. The first-order valence-electron chi connectivity index (χ1n) is 8.30. The standard InChI is InChI=1S/C19H22N4O/c1-12-5-8-15(20-12)13-6-7-14-16(11-13)23(18(24)19(14,2)3)17-9-10-22(4)21-17/h5-6,8-11,14,20H,7H2,1-4H3. The number of hydrogen-bond donors (Lipinski definition) is 1. The molecule has 1 fully saturated rings. The third-order valence-electron chi connectivity index (χ3n) is 5.19. The Balaban J connectivity index is 1.81. The fourth-order valence-electron chi connectivity index (χ4n) is 3.74. The van der Waals surface area contributed by atoms with E-state index in [1.165, 1.54) is 0 Å². The number of nitrogens with zero attached hydrogens (tertiary/aromatic N) is 3. The van der Waals surface area contributed by atoms with Crippen molar-refractivity contribution in [2.45, 2.75) is 27.2 Å². The predicted molar refractivity (Wildman–Crippen MR) is 94.2 cm³/mol. The van der Waals surface area contributed by atoms with Crippen molar-refractivity contribution in [1.29, 1.82) is 0 Å². The van der Waals surface area contributed by atoms with E-state index in [1.54, 1.807) is 9.58 Å². The molecule has 1 aliphatic carbocycles. The van der Waals surface area contributed by atoms with Crippen LogP contribution >= 0.6 is 0 Å². The molecule has 3 heterocycles. The summed E-state index contributed by atoms with van der Waals surface area (Å²) in [5.41, 5.74) is 4.00. The smallest absolute Gasteiger partial charge is 0.238 e. The Labute approximate surface area is 141 Å². The average molecular weight is 322 g/mol. The number of allylic oxidation sites excluding steroid dienone is 4. The fourth-order valence-corrected chi connectivity index (χ4v) is 3.74. The average Bonchev–Trinajstić information content (AvgIpc) is 3.20. The first kappa shape index (κ1) is 15.0. The van der Waals surface area contributed by atoms with Gasteiger partial charge in [-0.2, -0.15) is 5.10 Å². The molecule has 0 aromatic carbocycles. The van der Waals surface area contributed by atoms with Crippen LogP contribution in [0.2, 0.25) is 0 Å². The van der Waals surface area contributed by atoms with Gasteiger partial charge < -0.3 is 4.98 Å². The molecule has 0 radical (unpaired) electrons. The van der Waals surface area contributed by atoms with Crippen LogP contribution in [0.5, 0.6) is 0 Å². The predicted octanol–water partition coefficient (Wildman–Crippen LogP) is 3.42. The summed E-state index contributed by atoms with van der Waals surface area (Å²) in [4.78, 5) is 18.2. The molecule has 1 atom stereocenters. The molecule has 1 N–H and O–H groups in total. The molecule has 5 heteroatoms. The number of carbonyl (C=O) groups excluding carboxylic acids is 1. The number of hydrogen-bond acceptors (Lipinski definition) is 2. The van der Waals surface area contributed by atoms with Crippen LogP contribution in [0.3, 0.4) is 0 Å². The summed E-state index contributed by atoms with van der Waals surface area (Å²) >= 11 is 0. The molecular weight excluding hydrogens is 300 g/mol. The van der Waals surface area contributed by atoms with Crippen molar-refractivity contribution in [3.63, 3.8) is 0 Å². The van der Waals surface area contributed by atoms with Gasteiger partial charge in [0.05, 0.1) is 5.41 Å². The van der Waals surface area contributed by atoms with Crippen molar-refractivity contribution in [1.82, 2.24) is 14.8 Å². The quantitative estimate of drug-likeness (QED) is 0.921. The molecule has 24 heavy (non-hydrogen) atoms. The molecule has 2 aliphatic rings. The fraction of sp³-hybridized carbons (Fsp3) is 0.368. The Hall–Kier alpha value is -2.56. The molecule has 0 saturated carbocycles. The Morgan fingerprint density at radius 1 is 1.29 bits per heavy atom. The third-order valence-corrected chi connectivity index (χ3v) is 5.19. The molecule has 0 spiro atoms. The van der Waals surface area contributed by atoms with Crippen molar-refractivity contribution in [2.24, 2.45) is 18.4 Å². The van der Waals surface area contributed by atoms with Gasteiger partial charge in [0.2, 0.25) is 5.91 Å². The number of carbonyl (C=O) groups is 1. The zero-order valence-electron chi connectivity index (χ0n) is 14.5. The normalized spacial score (nSPS) is 22.4. The summed E-state index contributed by atoms with van der Waals surface area (Å²) in [5.74, 6) is 1.01. The van der Waals surface area contributed by atoms with Gasteiger partial charge in [-0.25, -0.2) is 0 Å². The number of anilines is 1. The van der Waals surface area contributed by atoms with E-state index >= 15 is 0 Å². The van der Waals surface area contributed by atoms with Crippen LogP contribution < -0.4 is 4.90 Å². The number of H-pyrrole nitrogens is 1. The van der Waals surface area contributed by atoms with Crippen molar-refractivity contribution < 1.29 is 4.79 Å². The van der Waals surface area contributed by atoms with E-state index in [2.05, 4.69) is 34.4 Å². The molecule has 2 aromatic rings. The molecule has 1 amide bonds. The van der Waals surface area contributed by atoms with Gasteiger partial charge in [0.25, 0.3) is 0 Å². The Kier molecular flexibility index (Phi) is 3.10. The first-order chi connectivity index (χ1) is 11.4. The maximum Gasteiger partial charge on any atom is 0.238 e. The molecule has 1 unspecified atom stereocenters. The third kappa shape index (κ3) is 2.08. The first-order valence-corrected chi connectivity index (χ1v) is 8.30. The summed E-state index contributed by atoms with van der Waals surface area (Å²) in [6.45, 7) is 6.12. The number of rotatable bonds is 2. The van der Waals surface area contributed by atoms with Gasteiger partial charge in [-0.1, -0.05) is 19.9 Å². The summed E-state index contributed by atoms with van der Waals surface area (Å²) in [5, 5.41) is 4.46. The van der Waals surface area contributed by atoms with Crippen LogP contribution in [0.4, 0.5) is 5.82 Å². The number of aromatic amines is 1. The maximum absolute atomic E-state index is 13.1. The lowest BCUT2D eigenvalue weighted by Gasteiger charge is -2.25. The highest BCUT2D eigenvalue weighted by molar-refractivity contribution is 6.04. The van der Waals surface area contributed by atoms with Gasteiger partial charge >= 0.3 is 0 Å². The number of aryl methyl sites for hydroxylation is 2. The molecular formula is C19H22N4O. The van der Waals surface area contributed by atoms with E-state index in [9.17, 15) is 4.79 Å². The molecule has 124 valence electrons. The van der Waals surface area contributed by atoms with Crippen molar-refractivity contribution >= 4 is 17.3 Å².